The van der Waals surface area contributed by atoms with Gasteiger partial charge in [0.15, 0.2) is 5.78 Å². The molecule has 0 unspecified atom stereocenters. The predicted molar refractivity (Wildman–Crippen MR) is 159 cm³/mol. The van der Waals surface area contributed by atoms with Crippen molar-refractivity contribution in [3.63, 3.8) is 0 Å². The van der Waals surface area contributed by atoms with Gasteiger partial charge in [-0.25, -0.2) is 4.39 Å². The Hall–Kier alpha value is -3.62. The number of Topliss-reactive ketones (excluding diaryl/α,β-unsaturated/α-hetero) is 1. The van der Waals surface area contributed by atoms with Crippen molar-refractivity contribution in [3.8, 4) is 17.2 Å². The zero-order chi connectivity index (χ0) is 28.5. The fourth-order valence-electron chi connectivity index (χ4n) is 4.05. The Bertz CT molecular complexity index is 1220. The van der Waals surface area contributed by atoms with Crippen LogP contribution < -0.4 is 5.73 Å². The highest BCUT2D eigenvalue weighted by atomic mass is 19.1. The van der Waals surface area contributed by atoms with E-state index in [2.05, 4.69) is 31.7 Å². The molecule has 3 rings (SSSR count). The Morgan fingerprint density at radius 3 is 2.34 bits per heavy atom. The van der Waals surface area contributed by atoms with Crippen LogP contribution in [0.4, 0.5) is 4.39 Å². The number of nitrogens with zero attached hydrogens (tertiary/aromatic N) is 1. The maximum absolute atomic E-state index is 13.5. The number of rotatable bonds is 10. The van der Waals surface area contributed by atoms with Crippen LogP contribution in [-0.4, -0.2) is 18.6 Å². The van der Waals surface area contributed by atoms with E-state index in [0.717, 1.165) is 59.1 Å². The molecule has 0 heterocycles. The Labute approximate surface area is 230 Å². The van der Waals surface area contributed by atoms with Crippen LogP contribution in [0.15, 0.2) is 60.7 Å². The van der Waals surface area contributed by atoms with Gasteiger partial charge in [-0.1, -0.05) is 64.1 Å². The molecule has 0 aliphatic heterocycles. The molecule has 0 aliphatic carbocycles. The van der Waals surface area contributed by atoms with E-state index in [0.29, 0.717) is 24.2 Å². The molecule has 2 N–H and O–H groups in total. The molecule has 0 spiro atoms. The van der Waals surface area contributed by atoms with Crippen LogP contribution in [-0.2, 0) is 17.6 Å². The molecule has 0 saturated heterocycles. The van der Waals surface area contributed by atoms with E-state index >= 15 is 0 Å². The number of carbonyl (C=O) groups is 2. The highest BCUT2D eigenvalue weighted by molar-refractivity contribution is 5.98. The first-order valence-corrected chi connectivity index (χ1v) is 13.3. The first-order valence-electron chi connectivity index (χ1n) is 13.3. The molecule has 0 aliphatic rings. The van der Waals surface area contributed by atoms with Gasteiger partial charge in [-0.15, -0.1) is 0 Å². The minimum absolute atomic E-state index is 0. The largest absolute Gasteiger partial charge is 0.324 e. The highest BCUT2D eigenvalue weighted by Gasteiger charge is 2.17. The van der Waals surface area contributed by atoms with Gasteiger partial charge in [-0.3, -0.25) is 4.79 Å². The fourth-order valence-corrected chi connectivity index (χ4v) is 4.05. The summed E-state index contributed by atoms with van der Waals surface area (Å²) in [4.78, 5) is 22.1. The summed E-state index contributed by atoms with van der Waals surface area (Å²) in [6, 6.07) is 20.6. The topological polar surface area (TPSA) is 83.9 Å². The lowest BCUT2D eigenvalue weighted by Gasteiger charge is -2.16. The third-order valence-corrected chi connectivity index (χ3v) is 5.93. The molecule has 0 aromatic heterocycles. The van der Waals surface area contributed by atoms with Crippen molar-refractivity contribution in [1.29, 1.82) is 5.26 Å². The summed E-state index contributed by atoms with van der Waals surface area (Å²) in [5, 5.41) is 9.56. The smallest absolute Gasteiger partial charge is 0.163 e. The van der Waals surface area contributed by atoms with E-state index in [4.69, 9.17) is 4.79 Å². The number of hydrogen-bond donors (Lipinski definition) is 1. The van der Waals surface area contributed by atoms with Gasteiger partial charge in [0.05, 0.1) is 11.6 Å². The Kier molecular flexibility index (Phi) is 15.2. The quantitative estimate of drug-likeness (QED) is 0.216. The van der Waals surface area contributed by atoms with E-state index in [-0.39, 0.29) is 21.0 Å². The van der Waals surface area contributed by atoms with Gasteiger partial charge in [0, 0.05) is 21.4 Å². The fraction of sp³-hybridized carbons (Fsp3) is 0.364. The lowest BCUT2D eigenvalue weighted by molar-refractivity contribution is -0.106. The number of aldehydes is 1. The molecule has 5 heteroatoms. The molecule has 0 atom stereocenters. The SMILES string of the molecule is CC.Cc1cc(C(=O)CCC(C)C)c(CCCc2cccc(F)c2)cc1-c1ccccc1C#N.NCC=O.[HH].[HH]. The second-order valence-electron chi connectivity index (χ2n) is 9.22. The zero-order valence-electron chi connectivity index (χ0n) is 23.4. The standard InChI is InChI=1S/C29H30FNO.C2H5NO.C2H6.2H2/c1-20(2)14-15-29(32)28-16-21(3)27(26-13-5-4-10-24(26)19-31)18-23(28)11-6-8-22-9-7-12-25(30)17-22;3-1-2-4;1-2;;/h4-5,7,9-10,12-13,16-18,20H,6,8,11,14-15H2,1-3H3;2H,1,3H2;1-2H3;2*1H. The van der Waals surface area contributed by atoms with E-state index in [1.807, 2.05) is 57.2 Å². The molecule has 38 heavy (non-hydrogen) atoms. The van der Waals surface area contributed by atoms with E-state index < -0.39 is 0 Å². The van der Waals surface area contributed by atoms with Crippen molar-refractivity contribution in [2.75, 3.05) is 6.54 Å². The summed E-state index contributed by atoms with van der Waals surface area (Å²) in [5.74, 6) is 0.415. The van der Waals surface area contributed by atoms with Crippen LogP contribution in [0.1, 0.15) is 82.4 Å². The molecule has 0 radical (unpaired) electrons. The van der Waals surface area contributed by atoms with Gasteiger partial charge < -0.3 is 10.5 Å². The highest BCUT2D eigenvalue weighted by Crippen LogP contribution is 2.31. The van der Waals surface area contributed by atoms with Gasteiger partial charge in [0.2, 0.25) is 0 Å². The molecule has 0 bridgehead atoms. The zero-order valence-corrected chi connectivity index (χ0v) is 23.4. The minimum atomic E-state index is -0.224. The van der Waals surface area contributed by atoms with Gasteiger partial charge >= 0.3 is 0 Å². The molecule has 3 aromatic rings. The lowest BCUT2D eigenvalue weighted by atomic mass is 9.87. The van der Waals surface area contributed by atoms with Crippen molar-refractivity contribution >= 4 is 12.1 Å². The molecule has 4 nitrogen and oxygen atoms in total. The Balaban J connectivity index is 0. The average molecular weight is 521 g/mol. The number of halogens is 1. The van der Waals surface area contributed by atoms with Crippen molar-refractivity contribution in [2.45, 2.75) is 66.7 Å². The van der Waals surface area contributed by atoms with Crippen LogP contribution in [0.3, 0.4) is 0 Å². The van der Waals surface area contributed by atoms with E-state index in [1.165, 1.54) is 6.07 Å². The number of benzene rings is 3. The van der Waals surface area contributed by atoms with Crippen LogP contribution in [0, 0.1) is 30.0 Å². The van der Waals surface area contributed by atoms with Crippen LogP contribution in [0.2, 0.25) is 0 Å². The van der Waals surface area contributed by atoms with Crippen LogP contribution in [0.25, 0.3) is 11.1 Å². The summed E-state index contributed by atoms with van der Waals surface area (Å²) in [6.45, 7) is 10.4. The van der Waals surface area contributed by atoms with Gasteiger partial charge in [-0.2, -0.15) is 5.26 Å². The third-order valence-electron chi connectivity index (χ3n) is 5.93. The number of nitriles is 1. The lowest BCUT2D eigenvalue weighted by Crippen LogP contribution is -2.08. The monoisotopic (exact) mass is 520 g/mol. The molecule has 206 valence electrons. The summed E-state index contributed by atoms with van der Waals surface area (Å²) < 4.78 is 13.5. The Morgan fingerprint density at radius 2 is 1.74 bits per heavy atom. The van der Waals surface area contributed by atoms with Gasteiger partial charge in [0.25, 0.3) is 0 Å². The number of nitrogens with two attached hydrogens (primary N) is 1. The summed E-state index contributed by atoms with van der Waals surface area (Å²) in [7, 11) is 0. The van der Waals surface area contributed by atoms with E-state index in [9.17, 15) is 14.4 Å². The number of ketones is 1. The van der Waals surface area contributed by atoms with Crippen molar-refractivity contribution in [3.05, 3.63) is 94.3 Å². The average Bonchev–Trinajstić information content (AvgIpc) is 2.93. The number of carbonyl (C=O) groups excluding carboxylic acids is 2. The second kappa shape index (κ2) is 17.8. The first-order chi connectivity index (χ1) is 18.3. The maximum atomic E-state index is 13.5. The summed E-state index contributed by atoms with van der Waals surface area (Å²) in [5.41, 5.74) is 10.9. The van der Waals surface area contributed by atoms with Crippen molar-refractivity contribution < 1.29 is 16.8 Å². The van der Waals surface area contributed by atoms with Gasteiger partial charge in [0.1, 0.15) is 12.1 Å². The van der Waals surface area contributed by atoms with Crippen molar-refractivity contribution in [2.24, 2.45) is 11.7 Å². The molecular formula is C33H45FN2O2. The second-order valence-corrected chi connectivity index (χ2v) is 9.22. The maximum Gasteiger partial charge on any atom is 0.163 e. The van der Waals surface area contributed by atoms with Crippen LogP contribution >= 0.6 is 0 Å². The molecule has 3 aromatic carbocycles. The minimum Gasteiger partial charge on any atom is -0.324 e. The normalized spacial score (nSPS) is 9.97. The summed E-state index contributed by atoms with van der Waals surface area (Å²) in [6.07, 6.45) is 4.33. The Morgan fingerprint density at radius 1 is 1.05 bits per heavy atom. The molecule has 0 fully saturated rings. The number of aryl methyl sites for hydroxylation is 3. The number of hydrogen-bond acceptors (Lipinski definition) is 4. The van der Waals surface area contributed by atoms with Gasteiger partial charge in [-0.05, 0) is 90.6 Å². The molecular weight excluding hydrogens is 475 g/mol. The van der Waals surface area contributed by atoms with Crippen molar-refractivity contribution in [1.82, 2.24) is 0 Å². The van der Waals surface area contributed by atoms with E-state index in [1.54, 1.807) is 12.1 Å². The molecule has 0 saturated carbocycles. The van der Waals surface area contributed by atoms with Crippen LogP contribution in [0.5, 0.6) is 0 Å². The third kappa shape index (κ3) is 10.4. The molecule has 0 amide bonds. The first kappa shape index (κ1) is 32.4. The summed E-state index contributed by atoms with van der Waals surface area (Å²) >= 11 is 0. The predicted octanol–water partition coefficient (Wildman–Crippen LogP) is 8.13.